The third-order valence-corrected chi connectivity index (χ3v) is 3.73. The second kappa shape index (κ2) is 4.53. The van der Waals surface area contributed by atoms with Crippen LogP contribution in [0.1, 0.15) is 31.7 Å². The summed E-state index contributed by atoms with van der Waals surface area (Å²) in [6.45, 7) is 0. The lowest BCUT2D eigenvalue weighted by atomic mass is 10.1. The van der Waals surface area contributed by atoms with E-state index in [9.17, 15) is 0 Å². The highest BCUT2D eigenvalue weighted by Gasteiger charge is 2.17. The lowest BCUT2D eigenvalue weighted by Gasteiger charge is -2.08. The minimum Gasteiger partial charge on any atom is -0.269 e. The summed E-state index contributed by atoms with van der Waals surface area (Å²) >= 11 is 5.89. The van der Waals surface area contributed by atoms with Crippen molar-refractivity contribution in [2.24, 2.45) is 0 Å². The van der Waals surface area contributed by atoms with Gasteiger partial charge in [-0.25, -0.2) is 0 Å². The van der Waals surface area contributed by atoms with Gasteiger partial charge in [0.25, 0.3) is 0 Å². The summed E-state index contributed by atoms with van der Waals surface area (Å²) in [6, 6.07) is 8.53. The van der Waals surface area contributed by atoms with Gasteiger partial charge >= 0.3 is 0 Å². The van der Waals surface area contributed by atoms with E-state index < -0.39 is 0 Å². The van der Waals surface area contributed by atoms with Gasteiger partial charge in [-0.15, -0.1) is 0 Å². The number of aromatic nitrogens is 2. The Morgan fingerprint density at radius 2 is 1.76 bits per heavy atom. The average Bonchev–Trinajstić information content (AvgIpc) is 3.00. The largest absolute Gasteiger partial charge is 0.269 e. The van der Waals surface area contributed by atoms with Crippen LogP contribution < -0.4 is 0 Å². The highest BCUT2D eigenvalue weighted by molar-refractivity contribution is 6.30. The Bertz CT molecular complexity index is 495. The first-order valence-electron chi connectivity index (χ1n) is 6.13. The topological polar surface area (TPSA) is 17.8 Å². The number of halogens is 1. The van der Waals surface area contributed by atoms with Gasteiger partial charge in [0.1, 0.15) is 0 Å². The van der Waals surface area contributed by atoms with E-state index in [-0.39, 0.29) is 0 Å². The Morgan fingerprint density at radius 3 is 2.47 bits per heavy atom. The van der Waals surface area contributed by atoms with Gasteiger partial charge in [0.15, 0.2) is 0 Å². The first-order chi connectivity index (χ1) is 8.33. The van der Waals surface area contributed by atoms with Crippen LogP contribution in [0.2, 0.25) is 5.02 Å². The van der Waals surface area contributed by atoms with Crippen molar-refractivity contribution in [3.63, 3.8) is 0 Å². The Morgan fingerprint density at radius 1 is 1.06 bits per heavy atom. The summed E-state index contributed by atoms with van der Waals surface area (Å²) in [7, 11) is 0. The number of nitrogens with zero attached hydrogens (tertiary/aromatic N) is 2. The second-order valence-corrected chi connectivity index (χ2v) is 5.09. The molecule has 88 valence electrons. The van der Waals surface area contributed by atoms with E-state index in [0.29, 0.717) is 6.04 Å². The molecule has 2 nitrogen and oxygen atoms in total. The minimum absolute atomic E-state index is 0.607. The molecule has 0 unspecified atom stereocenters. The number of hydrogen-bond donors (Lipinski definition) is 0. The van der Waals surface area contributed by atoms with Crippen LogP contribution in [-0.4, -0.2) is 9.78 Å². The van der Waals surface area contributed by atoms with Crippen LogP contribution in [0.5, 0.6) is 0 Å². The van der Waals surface area contributed by atoms with Crippen LogP contribution in [-0.2, 0) is 0 Å². The molecule has 3 rings (SSSR count). The van der Waals surface area contributed by atoms with Crippen LogP contribution in [0.15, 0.2) is 36.7 Å². The van der Waals surface area contributed by atoms with Gasteiger partial charge < -0.3 is 0 Å². The zero-order valence-corrected chi connectivity index (χ0v) is 10.4. The molecule has 0 atom stereocenters. The van der Waals surface area contributed by atoms with Crippen molar-refractivity contribution in [3.8, 4) is 11.1 Å². The fraction of sp³-hybridized carbons (Fsp3) is 0.357. The lowest BCUT2D eigenvalue weighted by molar-refractivity contribution is 0.467. The minimum atomic E-state index is 0.607. The SMILES string of the molecule is Clc1ccc(-c2cnn(C3CCCC3)c2)cc1. The lowest BCUT2D eigenvalue weighted by Crippen LogP contribution is -2.04. The van der Waals surface area contributed by atoms with E-state index in [4.69, 9.17) is 11.6 Å². The molecule has 1 aliphatic carbocycles. The van der Waals surface area contributed by atoms with Crippen molar-refractivity contribution in [2.75, 3.05) is 0 Å². The van der Waals surface area contributed by atoms with Gasteiger partial charge in [0.05, 0.1) is 12.2 Å². The molecule has 0 amide bonds. The first-order valence-corrected chi connectivity index (χ1v) is 6.51. The van der Waals surface area contributed by atoms with Gasteiger partial charge in [-0.1, -0.05) is 36.6 Å². The highest BCUT2D eigenvalue weighted by atomic mass is 35.5. The van der Waals surface area contributed by atoms with Crippen molar-refractivity contribution >= 4 is 11.6 Å². The molecule has 3 heteroatoms. The van der Waals surface area contributed by atoms with E-state index >= 15 is 0 Å². The molecule has 0 bridgehead atoms. The fourth-order valence-electron chi connectivity index (χ4n) is 2.50. The monoisotopic (exact) mass is 246 g/mol. The normalized spacial score (nSPS) is 16.5. The molecular weight excluding hydrogens is 232 g/mol. The molecule has 0 N–H and O–H groups in total. The molecule has 0 spiro atoms. The molecule has 1 saturated carbocycles. The molecule has 17 heavy (non-hydrogen) atoms. The van der Waals surface area contributed by atoms with Crippen LogP contribution in [0.25, 0.3) is 11.1 Å². The third-order valence-electron chi connectivity index (χ3n) is 3.48. The van der Waals surface area contributed by atoms with Gasteiger partial charge in [-0.2, -0.15) is 5.10 Å². The van der Waals surface area contributed by atoms with E-state index in [1.165, 1.54) is 36.8 Å². The van der Waals surface area contributed by atoms with E-state index in [1.54, 1.807) is 0 Å². The van der Waals surface area contributed by atoms with E-state index in [0.717, 1.165) is 5.02 Å². The Balaban J connectivity index is 1.86. The highest BCUT2D eigenvalue weighted by Crippen LogP contribution is 2.30. The van der Waals surface area contributed by atoms with Crippen molar-refractivity contribution in [1.82, 2.24) is 9.78 Å². The van der Waals surface area contributed by atoms with E-state index in [1.807, 2.05) is 30.5 Å². The predicted molar refractivity (Wildman–Crippen MR) is 70.2 cm³/mol. The predicted octanol–water partition coefficient (Wildman–Crippen LogP) is 4.32. The number of hydrogen-bond acceptors (Lipinski definition) is 1. The number of benzene rings is 1. The number of rotatable bonds is 2. The molecule has 2 aromatic rings. The van der Waals surface area contributed by atoms with Crippen LogP contribution in [0, 0.1) is 0 Å². The van der Waals surface area contributed by atoms with Crippen LogP contribution >= 0.6 is 11.6 Å². The van der Waals surface area contributed by atoms with Gasteiger partial charge in [0, 0.05) is 16.8 Å². The Kier molecular flexibility index (Phi) is 2.89. The smallest absolute Gasteiger partial charge is 0.0568 e. The maximum absolute atomic E-state index is 5.89. The van der Waals surface area contributed by atoms with Gasteiger partial charge in [0.2, 0.25) is 0 Å². The zero-order chi connectivity index (χ0) is 11.7. The molecule has 0 radical (unpaired) electrons. The van der Waals surface area contributed by atoms with E-state index in [2.05, 4.69) is 16.0 Å². The van der Waals surface area contributed by atoms with Crippen molar-refractivity contribution in [3.05, 3.63) is 41.7 Å². The molecule has 1 heterocycles. The van der Waals surface area contributed by atoms with Crippen molar-refractivity contribution in [2.45, 2.75) is 31.7 Å². The van der Waals surface area contributed by atoms with Crippen LogP contribution in [0.4, 0.5) is 0 Å². The molecule has 1 aliphatic rings. The Hall–Kier alpha value is -1.28. The Labute approximate surface area is 106 Å². The summed E-state index contributed by atoms with van der Waals surface area (Å²) < 4.78 is 2.12. The summed E-state index contributed by atoms with van der Waals surface area (Å²) in [5, 5.41) is 5.26. The molecule has 1 aromatic heterocycles. The first kappa shape index (κ1) is 10.8. The summed E-state index contributed by atoms with van der Waals surface area (Å²) in [6.07, 6.45) is 9.30. The molecule has 1 aromatic carbocycles. The maximum Gasteiger partial charge on any atom is 0.0568 e. The summed E-state index contributed by atoms with van der Waals surface area (Å²) in [5.74, 6) is 0. The van der Waals surface area contributed by atoms with Crippen LogP contribution in [0.3, 0.4) is 0 Å². The third kappa shape index (κ3) is 2.22. The van der Waals surface area contributed by atoms with Gasteiger partial charge in [-0.3, -0.25) is 4.68 Å². The standard InChI is InChI=1S/C14H15ClN2/c15-13-7-5-11(6-8-13)12-9-16-17(10-12)14-3-1-2-4-14/h5-10,14H,1-4H2. The van der Waals surface area contributed by atoms with Crippen molar-refractivity contribution < 1.29 is 0 Å². The molecule has 0 saturated heterocycles. The summed E-state index contributed by atoms with van der Waals surface area (Å²) in [4.78, 5) is 0. The molecular formula is C14H15ClN2. The quantitative estimate of drug-likeness (QED) is 0.772. The molecule has 1 fully saturated rings. The average molecular weight is 247 g/mol. The van der Waals surface area contributed by atoms with Gasteiger partial charge in [-0.05, 0) is 30.5 Å². The maximum atomic E-state index is 5.89. The second-order valence-electron chi connectivity index (χ2n) is 4.65. The zero-order valence-electron chi connectivity index (χ0n) is 9.64. The molecule has 0 aliphatic heterocycles. The summed E-state index contributed by atoms with van der Waals surface area (Å²) in [5.41, 5.74) is 2.35. The fourth-order valence-corrected chi connectivity index (χ4v) is 2.62. The van der Waals surface area contributed by atoms with Crippen molar-refractivity contribution in [1.29, 1.82) is 0 Å².